The van der Waals surface area contributed by atoms with Gasteiger partial charge in [0.1, 0.15) is 11.3 Å². The van der Waals surface area contributed by atoms with E-state index in [2.05, 4.69) is 16.9 Å². The summed E-state index contributed by atoms with van der Waals surface area (Å²) in [6.07, 6.45) is -0.870. The molecule has 3 nitrogen and oxygen atoms in total. The first-order chi connectivity index (χ1) is 11.0. The van der Waals surface area contributed by atoms with Gasteiger partial charge in [0, 0.05) is 12.6 Å². The van der Waals surface area contributed by atoms with Gasteiger partial charge in [-0.25, -0.2) is 9.97 Å². The van der Waals surface area contributed by atoms with Crippen LogP contribution in [0.5, 0.6) is 0 Å². The second-order valence-electron chi connectivity index (χ2n) is 5.40. The zero-order valence-electron chi connectivity index (χ0n) is 12.6. The average Bonchev–Trinajstić information content (AvgIpc) is 2.85. The van der Waals surface area contributed by atoms with Crippen molar-refractivity contribution in [1.82, 2.24) is 14.5 Å². The molecule has 0 aliphatic carbocycles. The van der Waals surface area contributed by atoms with Gasteiger partial charge in [0.2, 0.25) is 0 Å². The van der Waals surface area contributed by atoms with Gasteiger partial charge >= 0.3 is 6.18 Å². The highest BCUT2D eigenvalue weighted by molar-refractivity contribution is 5.71. The average molecular weight is 319 g/mol. The molecular formula is C17H16F3N3. The zero-order chi connectivity index (χ0) is 16.4. The minimum Gasteiger partial charge on any atom is -0.308 e. The van der Waals surface area contributed by atoms with Gasteiger partial charge in [0.25, 0.3) is 0 Å². The zero-order valence-corrected chi connectivity index (χ0v) is 12.6. The lowest BCUT2D eigenvalue weighted by molar-refractivity contribution is -0.137. The van der Waals surface area contributed by atoms with Crippen molar-refractivity contribution in [3.63, 3.8) is 0 Å². The van der Waals surface area contributed by atoms with Crippen LogP contribution >= 0.6 is 0 Å². The highest BCUT2D eigenvalue weighted by Crippen LogP contribution is 2.29. The molecule has 0 amide bonds. The van der Waals surface area contributed by atoms with Gasteiger partial charge in [-0.2, -0.15) is 13.2 Å². The van der Waals surface area contributed by atoms with Gasteiger partial charge in [-0.15, -0.1) is 0 Å². The van der Waals surface area contributed by atoms with Crippen LogP contribution in [-0.2, 0) is 19.1 Å². The number of imidazole rings is 1. The summed E-state index contributed by atoms with van der Waals surface area (Å²) in [4.78, 5) is 8.93. The van der Waals surface area contributed by atoms with Crippen LogP contribution in [0.2, 0.25) is 0 Å². The summed E-state index contributed by atoms with van der Waals surface area (Å²) in [6, 6.07) is 8.96. The molecule has 0 fully saturated rings. The molecule has 0 saturated carbocycles. The number of benzene rings is 1. The number of halogens is 3. The topological polar surface area (TPSA) is 30.7 Å². The maximum absolute atomic E-state index is 12.6. The highest BCUT2D eigenvalue weighted by atomic mass is 19.4. The fourth-order valence-electron chi connectivity index (χ4n) is 2.57. The van der Waals surface area contributed by atoms with Crippen molar-refractivity contribution in [1.29, 1.82) is 0 Å². The molecule has 0 unspecified atom stereocenters. The predicted octanol–water partition coefficient (Wildman–Crippen LogP) is 4.45. The van der Waals surface area contributed by atoms with Gasteiger partial charge < -0.3 is 4.57 Å². The molecule has 0 radical (unpaired) electrons. The van der Waals surface area contributed by atoms with E-state index in [4.69, 9.17) is 0 Å². The first kappa shape index (κ1) is 15.5. The summed E-state index contributed by atoms with van der Waals surface area (Å²) in [6.45, 7) is 2.52. The van der Waals surface area contributed by atoms with Crippen molar-refractivity contribution in [3.8, 4) is 0 Å². The Balaban J connectivity index is 1.96. The number of fused-ring (bicyclic) bond motifs is 1. The maximum Gasteiger partial charge on any atom is 0.416 e. The van der Waals surface area contributed by atoms with Crippen molar-refractivity contribution in [3.05, 3.63) is 59.5 Å². The van der Waals surface area contributed by atoms with Crippen LogP contribution in [0.3, 0.4) is 0 Å². The fraction of sp³-hybridized carbons (Fsp3) is 0.294. The minimum atomic E-state index is -4.31. The number of hydrogen-bond acceptors (Lipinski definition) is 2. The number of alkyl halides is 3. The number of aryl methyl sites for hydroxylation is 1. The van der Waals surface area contributed by atoms with E-state index in [0.717, 1.165) is 47.5 Å². The van der Waals surface area contributed by atoms with E-state index in [-0.39, 0.29) is 0 Å². The predicted molar refractivity (Wildman–Crippen MR) is 82.1 cm³/mol. The molecule has 2 heterocycles. The Bertz CT molecular complexity index is 804. The second-order valence-corrected chi connectivity index (χ2v) is 5.40. The molecule has 0 N–H and O–H groups in total. The van der Waals surface area contributed by atoms with Crippen molar-refractivity contribution in [2.24, 2.45) is 0 Å². The minimum absolute atomic E-state index is 0.459. The molecule has 0 bridgehead atoms. The summed E-state index contributed by atoms with van der Waals surface area (Å²) < 4.78 is 39.9. The van der Waals surface area contributed by atoms with Gasteiger partial charge in [0.05, 0.1) is 12.1 Å². The van der Waals surface area contributed by atoms with Gasteiger partial charge in [-0.1, -0.05) is 19.1 Å². The summed E-state index contributed by atoms with van der Waals surface area (Å²) in [5.41, 5.74) is 1.72. The number of nitrogens with zero attached hydrogens (tertiary/aromatic N) is 3. The molecule has 0 saturated heterocycles. The van der Waals surface area contributed by atoms with Crippen LogP contribution < -0.4 is 0 Å². The largest absolute Gasteiger partial charge is 0.416 e. The Labute approximate surface area is 131 Å². The number of rotatable bonds is 4. The molecular weight excluding hydrogens is 303 g/mol. The molecule has 1 aromatic carbocycles. The first-order valence-electron chi connectivity index (χ1n) is 7.45. The molecule has 0 aliphatic heterocycles. The maximum atomic E-state index is 12.6. The van der Waals surface area contributed by atoms with Gasteiger partial charge in [-0.05, 0) is 36.2 Å². The number of hydrogen-bond donors (Lipinski definition) is 0. The third-order valence-corrected chi connectivity index (χ3v) is 3.68. The standard InChI is InChI=1S/C17H16F3N3/c1-2-4-15-22-14-5-3-10-21-16(14)23(15)11-12-6-8-13(9-7-12)17(18,19)20/h3,5-10H,2,4,11H2,1H3. The van der Waals surface area contributed by atoms with Gasteiger partial charge in [0.15, 0.2) is 5.65 Å². The van der Waals surface area contributed by atoms with Crippen LogP contribution in [-0.4, -0.2) is 14.5 Å². The van der Waals surface area contributed by atoms with Crippen LogP contribution in [0, 0.1) is 0 Å². The van der Waals surface area contributed by atoms with Crippen molar-refractivity contribution < 1.29 is 13.2 Å². The summed E-state index contributed by atoms with van der Waals surface area (Å²) >= 11 is 0. The van der Waals surface area contributed by atoms with Crippen molar-refractivity contribution >= 4 is 11.2 Å². The molecule has 0 spiro atoms. The normalized spacial score (nSPS) is 12.0. The molecule has 2 aromatic heterocycles. The first-order valence-corrected chi connectivity index (χ1v) is 7.45. The molecule has 120 valence electrons. The Morgan fingerprint density at radius 2 is 1.83 bits per heavy atom. The molecule has 0 atom stereocenters. The van der Waals surface area contributed by atoms with Crippen LogP contribution in [0.1, 0.15) is 30.3 Å². The fourth-order valence-corrected chi connectivity index (χ4v) is 2.57. The summed E-state index contributed by atoms with van der Waals surface area (Å²) in [5.74, 6) is 0.904. The molecule has 3 aromatic rings. The van der Waals surface area contributed by atoms with Crippen LogP contribution in [0.15, 0.2) is 42.6 Å². The quantitative estimate of drug-likeness (QED) is 0.711. The second kappa shape index (κ2) is 6.02. The van der Waals surface area contributed by atoms with Crippen molar-refractivity contribution in [2.45, 2.75) is 32.5 Å². The summed E-state index contributed by atoms with van der Waals surface area (Å²) in [7, 11) is 0. The molecule has 3 rings (SSSR count). The van der Waals surface area contributed by atoms with E-state index in [1.165, 1.54) is 12.1 Å². The molecule has 0 aliphatic rings. The lowest BCUT2D eigenvalue weighted by atomic mass is 10.1. The lowest BCUT2D eigenvalue weighted by Crippen LogP contribution is -2.08. The Morgan fingerprint density at radius 1 is 1.09 bits per heavy atom. The Hall–Kier alpha value is -2.37. The van der Waals surface area contributed by atoms with E-state index in [9.17, 15) is 13.2 Å². The Morgan fingerprint density at radius 3 is 2.48 bits per heavy atom. The smallest absolute Gasteiger partial charge is 0.308 e. The Kier molecular flexibility index (Phi) is 4.07. The van der Waals surface area contributed by atoms with E-state index < -0.39 is 11.7 Å². The van der Waals surface area contributed by atoms with Crippen molar-refractivity contribution in [2.75, 3.05) is 0 Å². The summed E-state index contributed by atoms with van der Waals surface area (Å²) in [5, 5.41) is 0. The lowest BCUT2D eigenvalue weighted by Gasteiger charge is -2.10. The van der Waals surface area contributed by atoms with Crippen LogP contribution in [0.25, 0.3) is 11.2 Å². The highest BCUT2D eigenvalue weighted by Gasteiger charge is 2.29. The van der Waals surface area contributed by atoms with E-state index in [0.29, 0.717) is 6.54 Å². The number of pyridine rings is 1. The van der Waals surface area contributed by atoms with Gasteiger partial charge in [-0.3, -0.25) is 0 Å². The third-order valence-electron chi connectivity index (χ3n) is 3.68. The molecule has 23 heavy (non-hydrogen) atoms. The van der Waals surface area contributed by atoms with E-state index >= 15 is 0 Å². The third kappa shape index (κ3) is 3.21. The van der Waals surface area contributed by atoms with E-state index in [1.54, 1.807) is 6.20 Å². The van der Waals surface area contributed by atoms with E-state index in [1.807, 2.05) is 16.7 Å². The monoisotopic (exact) mass is 319 g/mol. The number of aromatic nitrogens is 3. The van der Waals surface area contributed by atoms with Crippen LogP contribution in [0.4, 0.5) is 13.2 Å². The molecule has 6 heteroatoms. The SMILES string of the molecule is CCCc1nc2cccnc2n1Cc1ccc(C(F)(F)F)cc1.